The van der Waals surface area contributed by atoms with E-state index in [4.69, 9.17) is 5.73 Å². The number of nitrogens with one attached hydrogen (secondary N) is 1. The van der Waals surface area contributed by atoms with Gasteiger partial charge in [-0.3, -0.25) is 9.69 Å². The summed E-state index contributed by atoms with van der Waals surface area (Å²) >= 11 is 0. The van der Waals surface area contributed by atoms with Gasteiger partial charge in [-0.15, -0.1) is 0 Å². The number of nitrogens with zero attached hydrogens (tertiary/aromatic N) is 1. The molecule has 4 heteroatoms. The number of piperidine rings is 1. The van der Waals surface area contributed by atoms with Crippen molar-refractivity contribution in [1.82, 2.24) is 10.2 Å². The molecule has 0 radical (unpaired) electrons. The number of likely N-dealkylation sites (tertiary alicyclic amines) is 1. The van der Waals surface area contributed by atoms with Crippen molar-refractivity contribution in [3.05, 3.63) is 0 Å². The molecule has 1 aliphatic rings. The third kappa shape index (κ3) is 5.06. The van der Waals surface area contributed by atoms with Gasteiger partial charge in [0.15, 0.2) is 0 Å². The lowest BCUT2D eigenvalue weighted by atomic mass is 9.91. The monoisotopic (exact) mass is 283 g/mol. The van der Waals surface area contributed by atoms with Crippen molar-refractivity contribution < 1.29 is 4.79 Å². The summed E-state index contributed by atoms with van der Waals surface area (Å²) < 4.78 is 0. The standard InChI is InChI=1S/C16H33N3O/c1-5-8-14(17)15(20)18-12-16(3,4)19-10-7-9-13(6-2)11-19/h13-14H,5-12,17H2,1-4H3,(H,18,20). The Morgan fingerprint density at radius 1 is 1.45 bits per heavy atom. The summed E-state index contributed by atoms with van der Waals surface area (Å²) in [5, 5.41) is 3.03. The second-order valence-electron chi connectivity index (χ2n) is 6.79. The molecule has 3 N–H and O–H groups in total. The van der Waals surface area contributed by atoms with E-state index >= 15 is 0 Å². The maximum atomic E-state index is 11.9. The molecule has 0 aromatic carbocycles. The molecule has 1 aliphatic heterocycles. The fraction of sp³-hybridized carbons (Fsp3) is 0.938. The van der Waals surface area contributed by atoms with E-state index in [0.717, 1.165) is 31.8 Å². The number of nitrogens with two attached hydrogens (primary N) is 1. The van der Waals surface area contributed by atoms with Gasteiger partial charge in [0.05, 0.1) is 6.04 Å². The summed E-state index contributed by atoms with van der Waals surface area (Å²) in [6.45, 7) is 11.7. The predicted octanol–water partition coefficient (Wildman–Crippen LogP) is 2.13. The average Bonchev–Trinajstić information content (AvgIpc) is 2.45. The molecule has 1 rings (SSSR count). The van der Waals surface area contributed by atoms with E-state index in [1.165, 1.54) is 19.3 Å². The van der Waals surface area contributed by atoms with Gasteiger partial charge in [-0.1, -0.05) is 26.7 Å². The summed E-state index contributed by atoms with van der Waals surface area (Å²) in [7, 11) is 0. The highest BCUT2D eigenvalue weighted by Gasteiger charge is 2.31. The van der Waals surface area contributed by atoms with Crippen molar-refractivity contribution in [2.75, 3.05) is 19.6 Å². The second-order valence-corrected chi connectivity index (χ2v) is 6.79. The maximum Gasteiger partial charge on any atom is 0.236 e. The van der Waals surface area contributed by atoms with E-state index in [9.17, 15) is 4.79 Å². The third-order valence-electron chi connectivity index (χ3n) is 4.58. The van der Waals surface area contributed by atoms with Gasteiger partial charge in [0.2, 0.25) is 5.91 Å². The fourth-order valence-corrected chi connectivity index (χ4v) is 2.94. The number of carbonyl (C=O) groups is 1. The average molecular weight is 283 g/mol. The molecule has 0 bridgehead atoms. The minimum atomic E-state index is -0.361. The Labute approximate surface area is 124 Å². The molecule has 0 spiro atoms. The molecule has 118 valence electrons. The van der Waals surface area contributed by atoms with Crippen molar-refractivity contribution in [2.45, 2.75) is 71.4 Å². The van der Waals surface area contributed by atoms with E-state index in [1.54, 1.807) is 0 Å². The van der Waals surface area contributed by atoms with Crippen LogP contribution in [0.25, 0.3) is 0 Å². The van der Waals surface area contributed by atoms with E-state index < -0.39 is 0 Å². The van der Waals surface area contributed by atoms with Crippen LogP contribution >= 0.6 is 0 Å². The minimum absolute atomic E-state index is 0.00936. The topological polar surface area (TPSA) is 58.4 Å². The van der Waals surface area contributed by atoms with Crippen LogP contribution in [0.15, 0.2) is 0 Å². The van der Waals surface area contributed by atoms with Gasteiger partial charge in [0.1, 0.15) is 0 Å². The highest BCUT2D eigenvalue weighted by Crippen LogP contribution is 2.25. The second kappa shape index (κ2) is 7.99. The van der Waals surface area contributed by atoms with Crippen LogP contribution in [0.4, 0.5) is 0 Å². The number of carbonyl (C=O) groups excluding carboxylic acids is 1. The number of hydrogen-bond acceptors (Lipinski definition) is 3. The summed E-state index contributed by atoms with van der Waals surface area (Å²) in [6.07, 6.45) is 5.57. The first-order valence-corrected chi connectivity index (χ1v) is 8.19. The van der Waals surface area contributed by atoms with Crippen LogP contribution in [-0.4, -0.2) is 42.0 Å². The Kier molecular flexibility index (Phi) is 6.96. The van der Waals surface area contributed by atoms with Crippen LogP contribution in [0.5, 0.6) is 0 Å². The first-order chi connectivity index (χ1) is 9.40. The van der Waals surface area contributed by atoms with Gasteiger partial charge in [0, 0.05) is 18.6 Å². The van der Waals surface area contributed by atoms with E-state index in [0.29, 0.717) is 6.54 Å². The van der Waals surface area contributed by atoms with Crippen LogP contribution in [0.2, 0.25) is 0 Å². The Morgan fingerprint density at radius 2 is 2.15 bits per heavy atom. The lowest BCUT2D eigenvalue weighted by Gasteiger charge is -2.43. The van der Waals surface area contributed by atoms with Crippen molar-refractivity contribution in [2.24, 2.45) is 11.7 Å². The molecule has 0 aliphatic carbocycles. The molecule has 1 heterocycles. The predicted molar refractivity (Wildman–Crippen MR) is 84.6 cm³/mol. The molecule has 0 aromatic rings. The van der Waals surface area contributed by atoms with Crippen LogP contribution in [0.3, 0.4) is 0 Å². The van der Waals surface area contributed by atoms with Gasteiger partial charge in [-0.2, -0.15) is 0 Å². The molecule has 1 saturated heterocycles. The zero-order chi connectivity index (χ0) is 15.2. The number of hydrogen-bond donors (Lipinski definition) is 2. The Hall–Kier alpha value is -0.610. The third-order valence-corrected chi connectivity index (χ3v) is 4.58. The molecular weight excluding hydrogens is 250 g/mol. The number of amides is 1. The summed E-state index contributed by atoms with van der Waals surface area (Å²) in [5.74, 6) is 0.796. The lowest BCUT2D eigenvalue weighted by molar-refractivity contribution is -0.123. The van der Waals surface area contributed by atoms with Crippen LogP contribution < -0.4 is 11.1 Å². The number of rotatable bonds is 7. The lowest BCUT2D eigenvalue weighted by Crippen LogP contribution is -2.56. The quantitative estimate of drug-likeness (QED) is 0.752. The Balaban J connectivity index is 2.46. The Bertz CT molecular complexity index is 304. The summed E-state index contributed by atoms with van der Waals surface area (Å²) in [5.41, 5.74) is 5.86. The van der Waals surface area contributed by atoms with E-state index in [2.05, 4.69) is 37.9 Å². The molecule has 20 heavy (non-hydrogen) atoms. The molecule has 0 saturated carbocycles. The first-order valence-electron chi connectivity index (χ1n) is 8.19. The van der Waals surface area contributed by atoms with Crippen LogP contribution in [0.1, 0.15) is 59.8 Å². The molecule has 1 amide bonds. The van der Waals surface area contributed by atoms with Crippen molar-refractivity contribution in [3.63, 3.8) is 0 Å². The zero-order valence-corrected chi connectivity index (χ0v) is 13.7. The van der Waals surface area contributed by atoms with Crippen LogP contribution in [0, 0.1) is 5.92 Å². The molecule has 1 fully saturated rings. The van der Waals surface area contributed by atoms with Crippen molar-refractivity contribution in [1.29, 1.82) is 0 Å². The Morgan fingerprint density at radius 3 is 2.75 bits per heavy atom. The summed E-state index contributed by atoms with van der Waals surface area (Å²) in [4.78, 5) is 14.5. The van der Waals surface area contributed by atoms with Gasteiger partial charge in [0.25, 0.3) is 0 Å². The SMILES string of the molecule is CCCC(N)C(=O)NCC(C)(C)N1CCCC(CC)C1. The van der Waals surface area contributed by atoms with Gasteiger partial charge in [-0.25, -0.2) is 0 Å². The van der Waals surface area contributed by atoms with Crippen molar-refractivity contribution in [3.8, 4) is 0 Å². The summed E-state index contributed by atoms with van der Waals surface area (Å²) in [6, 6.07) is -0.361. The van der Waals surface area contributed by atoms with E-state index in [-0.39, 0.29) is 17.5 Å². The van der Waals surface area contributed by atoms with Gasteiger partial charge >= 0.3 is 0 Å². The highest BCUT2D eigenvalue weighted by atomic mass is 16.2. The molecule has 4 nitrogen and oxygen atoms in total. The largest absolute Gasteiger partial charge is 0.353 e. The smallest absolute Gasteiger partial charge is 0.236 e. The van der Waals surface area contributed by atoms with Crippen LogP contribution in [-0.2, 0) is 4.79 Å². The maximum absolute atomic E-state index is 11.9. The molecule has 2 atom stereocenters. The minimum Gasteiger partial charge on any atom is -0.353 e. The van der Waals surface area contributed by atoms with Gasteiger partial charge in [-0.05, 0) is 45.6 Å². The van der Waals surface area contributed by atoms with Gasteiger partial charge < -0.3 is 11.1 Å². The highest BCUT2D eigenvalue weighted by molar-refractivity contribution is 5.81. The molecule has 0 aromatic heterocycles. The van der Waals surface area contributed by atoms with E-state index in [1.807, 2.05) is 0 Å². The normalized spacial score (nSPS) is 22.6. The zero-order valence-electron chi connectivity index (χ0n) is 13.7. The fourth-order valence-electron chi connectivity index (χ4n) is 2.94. The molecule has 2 unspecified atom stereocenters. The van der Waals surface area contributed by atoms with Crippen molar-refractivity contribution >= 4 is 5.91 Å². The molecular formula is C16H33N3O. The first kappa shape index (κ1) is 17.4.